The zero-order valence-corrected chi connectivity index (χ0v) is 16.6. The molecular formula is C22H25N2O2S+. The molecule has 0 saturated carbocycles. The molecule has 27 heavy (non-hydrogen) atoms. The molecule has 1 aromatic heterocycles. The molecule has 1 aliphatic rings. The number of pyridine rings is 1. The van der Waals surface area contributed by atoms with E-state index in [4.69, 9.17) is 0 Å². The number of benzene rings is 2. The largest absolute Gasteiger partial charge is 0.369 e. The molecular weight excluding hydrogens is 356 g/mol. The number of rotatable bonds is 3. The third-order valence-electron chi connectivity index (χ3n) is 5.37. The zero-order valence-electron chi connectivity index (χ0n) is 15.8. The lowest BCUT2D eigenvalue weighted by atomic mass is 9.99. The van der Waals surface area contributed by atoms with Crippen molar-refractivity contribution in [3.8, 4) is 0 Å². The van der Waals surface area contributed by atoms with E-state index >= 15 is 0 Å². The molecule has 1 N–H and O–H groups in total. The van der Waals surface area contributed by atoms with Crippen molar-refractivity contribution in [2.45, 2.75) is 36.5 Å². The number of sulfone groups is 1. The predicted octanol–water partition coefficient (Wildman–Crippen LogP) is 4.03. The third kappa shape index (κ3) is 3.32. The average Bonchev–Trinajstić information content (AvgIpc) is 2.67. The molecule has 1 saturated heterocycles. The van der Waals surface area contributed by atoms with Gasteiger partial charge in [0, 0.05) is 19.2 Å². The molecule has 1 atom stereocenters. The van der Waals surface area contributed by atoms with E-state index in [0.29, 0.717) is 15.7 Å². The molecule has 4 rings (SSSR count). The van der Waals surface area contributed by atoms with Crippen LogP contribution in [0.3, 0.4) is 0 Å². The lowest BCUT2D eigenvalue weighted by Gasteiger charge is -2.34. The van der Waals surface area contributed by atoms with Crippen molar-refractivity contribution in [3.05, 3.63) is 60.3 Å². The van der Waals surface area contributed by atoms with Crippen LogP contribution in [0.15, 0.2) is 64.5 Å². The summed E-state index contributed by atoms with van der Waals surface area (Å²) >= 11 is 0. The van der Waals surface area contributed by atoms with Gasteiger partial charge in [-0.1, -0.05) is 36.8 Å². The van der Waals surface area contributed by atoms with Crippen molar-refractivity contribution in [2.24, 2.45) is 5.92 Å². The molecule has 0 amide bonds. The normalized spacial score (nSPS) is 18.0. The van der Waals surface area contributed by atoms with Crippen LogP contribution in [0.4, 0.5) is 5.69 Å². The Kier molecular flexibility index (Phi) is 4.64. The summed E-state index contributed by atoms with van der Waals surface area (Å²) in [5, 5.41) is 0.958. The lowest BCUT2D eigenvalue weighted by molar-refractivity contribution is -0.347. The number of aryl methyl sites for hydroxylation is 1. The van der Waals surface area contributed by atoms with Crippen molar-refractivity contribution in [1.82, 2.24) is 0 Å². The zero-order chi connectivity index (χ0) is 19.0. The summed E-state index contributed by atoms with van der Waals surface area (Å²) in [4.78, 5) is 6.14. The number of hydrogen-bond donors (Lipinski definition) is 0. The van der Waals surface area contributed by atoms with Crippen LogP contribution < -0.4 is 9.88 Å². The van der Waals surface area contributed by atoms with Crippen molar-refractivity contribution in [1.29, 1.82) is 0 Å². The Morgan fingerprint density at radius 2 is 1.81 bits per heavy atom. The number of fused-ring (bicyclic) bond motifs is 1. The smallest absolute Gasteiger partial charge is 0.214 e. The molecule has 2 heterocycles. The van der Waals surface area contributed by atoms with Crippen LogP contribution in [0.1, 0.15) is 25.3 Å². The van der Waals surface area contributed by atoms with Gasteiger partial charge < -0.3 is 4.90 Å². The highest BCUT2D eigenvalue weighted by Gasteiger charge is 2.30. The number of piperidine rings is 1. The summed E-state index contributed by atoms with van der Waals surface area (Å²) in [6.45, 7) is 5.96. The maximum atomic E-state index is 13.5. The summed E-state index contributed by atoms with van der Waals surface area (Å²) in [5.41, 5.74) is 2.83. The second-order valence-corrected chi connectivity index (χ2v) is 9.48. The Hall–Kier alpha value is -2.40. The van der Waals surface area contributed by atoms with E-state index in [0.717, 1.165) is 41.7 Å². The molecule has 0 radical (unpaired) electrons. The first-order valence-corrected chi connectivity index (χ1v) is 11.0. The number of nitrogens with one attached hydrogen (secondary N) is 1. The molecule has 0 spiro atoms. The minimum Gasteiger partial charge on any atom is -0.369 e. The van der Waals surface area contributed by atoms with E-state index in [-0.39, 0.29) is 0 Å². The first kappa shape index (κ1) is 18.0. The number of aromatic nitrogens is 1. The van der Waals surface area contributed by atoms with Crippen LogP contribution in [-0.2, 0) is 9.84 Å². The van der Waals surface area contributed by atoms with Gasteiger partial charge in [-0.05, 0) is 43.9 Å². The maximum absolute atomic E-state index is 13.5. The number of H-pyrrole nitrogens is 1. The second kappa shape index (κ2) is 6.97. The van der Waals surface area contributed by atoms with Crippen molar-refractivity contribution < 1.29 is 13.4 Å². The summed E-state index contributed by atoms with van der Waals surface area (Å²) < 4.78 is 27.0. The first-order valence-electron chi connectivity index (χ1n) is 9.47. The second-order valence-electron chi connectivity index (χ2n) is 7.56. The molecule has 3 aromatic rings. The molecule has 0 aliphatic carbocycles. The van der Waals surface area contributed by atoms with Gasteiger partial charge in [0.2, 0.25) is 15.4 Å². The van der Waals surface area contributed by atoms with E-state index in [1.807, 2.05) is 43.3 Å². The minimum absolute atomic E-state index is 0.336. The third-order valence-corrected chi connectivity index (χ3v) is 7.15. The standard InChI is InChI=1S/C22H24N2O2S/c1-16-9-11-18(12-10-16)27(25,26)21-14-23-20-8-4-3-7-19(20)22(21)24-13-5-6-17(2)15-24/h3-4,7-12,14,17H,5-6,13,15H2,1-2H3/p+1/t17-/m1/s1. The summed E-state index contributed by atoms with van der Waals surface area (Å²) in [7, 11) is -3.62. The van der Waals surface area contributed by atoms with Gasteiger partial charge in [-0.15, -0.1) is 0 Å². The predicted molar refractivity (Wildman–Crippen MR) is 108 cm³/mol. The Bertz CT molecular complexity index is 1080. The van der Waals surface area contributed by atoms with Crippen LogP contribution in [0, 0.1) is 12.8 Å². The summed E-state index contributed by atoms with van der Waals surface area (Å²) in [6, 6.07) is 15.0. The SMILES string of the molecule is Cc1ccc(S(=O)(=O)c2c[nH+]c3ccccc3c2N2CCC[C@@H](C)C2)cc1. The van der Waals surface area contributed by atoms with Gasteiger partial charge in [0.25, 0.3) is 0 Å². The topological polar surface area (TPSA) is 51.5 Å². The van der Waals surface area contributed by atoms with Crippen molar-refractivity contribution >= 4 is 26.4 Å². The Morgan fingerprint density at radius 3 is 2.56 bits per heavy atom. The molecule has 5 heteroatoms. The lowest BCUT2D eigenvalue weighted by Crippen LogP contribution is -2.35. The van der Waals surface area contributed by atoms with Crippen LogP contribution in [0.25, 0.3) is 10.9 Å². The number of nitrogens with zero attached hydrogens (tertiary/aromatic N) is 1. The highest BCUT2D eigenvalue weighted by Crippen LogP contribution is 2.36. The summed E-state index contributed by atoms with van der Waals surface area (Å²) in [6.07, 6.45) is 3.93. The van der Waals surface area contributed by atoms with Gasteiger partial charge in [-0.3, -0.25) is 0 Å². The Morgan fingerprint density at radius 1 is 1.07 bits per heavy atom. The quantitative estimate of drug-likeness (QED) is 0.688. The van der Waals surface area contributed by atoms with Gasteiger partial charge in [-0.2, -0.15) is 0 Å². The fourth-order valence-electron chi connectivity index (χ4n) is 3.93. The van der Waals surface area contributed by atoms with Crippen LogP contribution >= 0.6 is 0 Å². The van der Waals surface area contributed by atoms with E-state index < -0.39 is 9.84 Å². The molecule has 1 fully saturated rings. The van der Waals surface area contributed by atoms with Crippen LogP contribution in [-0.4, -0.2) is 21.5 Å². The molecule has 2 aromatic carbocycles. The van der Waals surface area contributed by atoms with Gasteiger partial charge in [-0.25, -0.2) is 13.4 Å². The highest BCUT2D eigenvalue weighted by molar-refractivity contribution is 7.91. The van der Waals surface area contributed by atoms with E-state index in [1.165, 1.54) is 6.42 Å². The number of anilines is 1. The fourth-order valence-corrected chi connectivity index (χ4v) is 5.38. The molecule has 140 valence electrons. The highest BCUT2D eigenvalue weighted by atomic mass is 32.2. The van der Waals surface area contributed by atoms with Crippen molar-refractivity contribution in [3.63, 3.8) is 0 Å². The number of hydrogen-bond acceptors (Lipinski definition) is 3. The Balaban J connectivity index is 1.95. The Labute approximate surface area is 160 Å². The minimum atomic E-state index is -3.62. The van der Waals surface area contributed by atoms with Gasteiger partial charge >= 0.3 is 0 Å². The average molecular weight is 382 g/mol. The number of para-hydroxylation sites is 1. The fraction of sp³-hybridized carbons (Fsp3) is 0.318. The monoisotopic (exact) mass is 381 g/mol. The molecule has 4 nitrogen and oxygen atoms in total. The van der Waals surface area contributed by atoms with Crippen LogP contribution in [0.2, 0.25) is 0 Å². The maximum Gasteiger partial charge on any atom is 0.214 e. The van der Waals surface area contributed by atoms with Crippen LogP contribution in [0.5, 0.6) is 0 Å². The molecule has 0 unspecified atom stereocenters. The van der Waals surface area contributed by atoms with Crippen molar-refractivity contribution in [2.75, 3.05) is 18.0 Å². The first-order chi connectivity index (χ1) is 13.0. The van der Waals surface area contributed by atoms with E-state index in [1.54, 1.807) is 18.3 Å². The van der Waals surface area contributed by atoms with Gasteiger partial charge in [0.1, 0.15) is 0 Å². The number of aromatic amines is 1. The summed E-state index contributed by atoms with van der Waals surface area (Å²) in [5.74, 6) is 0.552. The molecule has 1 aliphatic heterocycles. The van der Waals surface area contributed by atoms with E-state index in [2.05, 4.69) is 16.8 Å². The van der Waals surface area contributed by atoms with Gasteiger partial charge in [0.05, 0.1) is 16.0 Å². The molecule has 0 bridgehead atoms. The van der Waals surface area contributed by atoms with Gasteiger partial charge in [0.15, 0.2) is 11.1 Å². The van der Waals surface area contributed by atoms with E-state index in [9.17, 15) is 8.42 Å².